The Bertz CT molecular complexity index is 1450. The molecule has 4 aromatic carbocycles. The van der Waals surface area contributed by atoms with E-state index in [4.69, 9.17) is 25.4 Å². The van der Waals surface area contributed by atoms with Crippen molar-refractivity contribution in [2.45, 2.75) is 6.61 Å². The molecule has 4 N–H and O–H groups in total. The van der Waals surface area contributed by atoms with Gasteiger partial charge in [0.2, 0.25) is 0 Å². The Kier molecular flexibility index (Phi) is 9.05. The molecule has 0 unspecified atom stereocenters. The van der Waals surface area contributed by atoms with Gasteiger partial charge in [-0.15, -0.1) is 0 Å². The molecule has 39 heavy (non-hydrogen) atoms. The molecule has 4 aromatic rings. The molecule has 0 aliphatic rings. The van der Waals surface area contributed by atoms with Crippen molar-refractivity contribution in [2.75, 3.05) is 25.6 Å². The Balaban J connectivity index is 1.65. The van der Waals surface area contributed by atoms with Crippen LogP contribution < -0.4 is 15.8 Å². The maximum atomic E-state index is 13.3. The van der Waals surface area contributed by atoms with Crippen LogP contribution in [0.15, 0.2) is 97.1 Å². The highest BCUT2D eigenvalue weighted by molar-refractivity contribution is 6.10. The molecule has 0 aliphatic carbocycles. The van der Waals surface area contributed by atoms with Crippen LogP contribution in [0, 0.1) is 5.41 Å². The monoisotopic (exact) mass is 523 g/mol. The predicted octanol–water partition coefficient (Wildman–Crippen LogP) is 5.27. The SMILES string of the molecule is COCCOc1ccc(-c2ccccc2C(=O)Nc2ccc(C(=N)N)cc2)c(C(=O)OCc2ccccc2)c1. The van der Waals surface area contributed by atoms with Gasteiger partial charge in [0.1, 0.15) is 24.8 Å². The van der Waals surface area contributed by atoms with Crippen molar-refractivity contribution in [3.8, 4) is 16.9 Å². The molecule has 8 heteroatoms. The Morgan fingerprint density at radius 1 is 0.821 bits per heavy atom. The van der Waals surface area contributed by atoms with E-state index in [1.54, 1.807) is 73.8 Å². The number of nitrogen functional groups attached to an aromatic ring is 1. The number of anilines is 1. The number of carbonyl (C=O) groups excluding carboxylic acids is 2. The summed E-state index contributed by atoms with van der Waals surface area (Å²) in [6, 6.07) is 28.2. The number of carbonyl (C=O) groups is 2. The maximum absolute atomic E-state index is 13.3. The molecule has 0 saturated carbocycles. The summed E-state index contributed by atoms with van der Waals surface area (Å²) in [6.45, 7) is 0.813. The zero-order valence-corrected chi connectivity index (χ0v) is 21.5. The molecule has 1 amide bonds. The van der Waals surface area contributed by atoms with E-state index in [1.807, 2.05) is 30.3 Å². The number of hydrogen-bond donors (Lipinski definition) is 3. The summed E-state index contributed by atoms with van der Waals surface area (Å²) in [5.41, 5.74) is 9.22. The summed E-state index contributed by atoms with van der Waals surface area (Å²) in [5, 5.41) is 10.4. The first-order valence-electron chi connectivity index (χ1n) is 12.3. The highest BCUT2D eigenvalue weighted by Gasteiger charge is 2.21. The zero-order chi connectivity index (χ0) is 27.6. The number of amidine groups is 1. The van der Waals surface area contributed by atoms with Gasteiger partial charge in [0.25, 0.3) is 5.91 Å². The van der Waals surface area contributed by atoms with Gasteiger partial charge in [-0.1, -0.05) is 48.5 Å². The number of ether oxygens (including phenoxy) is 3. The van der Waals surface area contributed by atoms with Crippen LogP contribution in [0.2, 0.25) is 0 Å². The van der Waals surface area contributed by atoms with Crippen LogP contribution in [-0.4, -0.2) is 38.0 Å². The van der Waals surface area contributed by atoms with Gasteiger partial charge in [0, 0.05) is 23.9 Å². The lowest BCUT2D eigenvalue weighted by Gasteiger charge is -2.16. The summed E-state index contributed by atoms with van der Waals surface area (Å²) in [7, 11) is 1.58. The topological polar surface area (TPSA) is 124 Å². The van der Waals surface area contributed by atoms with E-state index < -0.39 is 5.97 Å². The van der Waals surface area contributed by atoms with Crippen molar-refractivity contribution in [1.29, 1.82) is 5.41 Å². The van der Waals surface area contributed by atoms with E-state index in [1.165, 1.54) is 0 Å². The third kappa shape index (κ3) is 7.09. The third-order valence-electron chi connectivity index (χ3n) is 5.90. The Morgan fingerprint density at radius 2 is 1.51 bits per heavy atom. The van der Waals surface area contributed by atoms with Crippen LogP contribution in [-0.2, 0) is 16.1 Å². The summed E-state index contributed by atoms with van der Waals surface area (Å²) in [4.78, 5) is 26.7. The van der Waals surface area contributed by atoms with E-state index in [0.29, 0.717) is 46.9 Å². The number of rotatable bonds is 11. The van der Waals surface area contributed by atoms with Crippen molar-refractivity contribution in [3.63, 3.8) is 0 Å². The molecule has 198 valence electrons. The van der Waals surface area contributed by atoms with Crippen LogP contribution in [0.3, 0.4) is 0 Å². The van der Waals surface area contributed by atoms with E-state index in [-0.39, 0.29) is 23.9 Å². The van der Waals surface area contributed by atoms with E-state index >= 15 is 0 Å². The minimum Gasteiger partial charge on any atom is -0.491 e. The van der Waals surface area contributed by atoms with Gasteiger partial charge in [0.15, 0.2) is 0 Å². The van der Waals surface area contributed by atoms with Crippen LogP contribution >= 0.6 is 0 Å². The maximum Gasteiger partial charge on any atom is 0.339 e. The first-order chi connectivity index (χ1) is 19.0. The molecule has 0 aromatic heterocycles. The second kappa shape index (κ2) is 13.0. The molecule has 0 aliphatic heterocycles. The number of methoxy groups -OCH3 is 1. The number of hydrogen-bond acceptors (Lipinski definition) is 6. The molecule has 0 bridgehead atoms. The van der Waals surface area contributed by atoms with Gasteiger partial charge < -0.3 is 25.3 Å². The number of esters is 1. The minimum atomic E-state index is -0.541. The Hall–Kier alpha value is -4.95. The summed E-state index contributed by atoms with van der Waals surface area (Å²) >= 11 is 0. The number of nitrogens with two attached hydrogens (primary N) is 1. The first kappa shape index (κ1) is 27.1. The zero-order valence-electron chi connectivity index (χ0n) is 21.5. The number of amides is 1. The van der Waals surface area contributed by atoms with E-state index in [9.17, 15) is 9.59 Å². The highest BCUT2D eigenvalue weighted by Crippen LogP contribution is 2.31. The van der Waals surface area contributed by atoms with Crippen molar-refractivity contribution in [2.24, 2.45) is 5.73 Å². The summed E-state index contributed by atoms with van der Waals surface area (Å²) in [6.07, 6.45) is 0. The van der Waals surface area contributed by atoms with Gasteiger partial charge in [-0.3, -0.25) is 10.2 Å². The van der Waals surface area contributed by atoms with Crippen molar-refractivity contribution in [3.05, 3.63) is 119 Å². The fraction of sp³-hybridized carbons (Fsp3) is 0.129. The van der Waals surface area contributed by atoms with Crippen LogP contribution in [0.1, 0.15) is 31.8 Å². The molecule has 4 rings (SSSR count). The number of nitrogens with one attached hydrogen (secondary N) is 2. The average molecular weight is 524 g/mol. The second-order valence-electron chi connectivity index (χ2n) is 8.60. The lowest BCUT2D eigenvalue weighted by atomic mass is 9.94. The van der Waals surface area contributed by atoms with Crippen LogP contribution in [0.4, 0.5) is 5.69 Å². The van der Waals surface area contributed by atoms with Crippen molar-refractivity contribution >= 4 is 23.4 Å². The second-order valence-corrected chi connectivity index (χ2v) is 8.60. The normalized spacial score (nSPS) is 10.5. The fourth-order valence-electron chi connectivity index (χ4n) is 3.91. The highest BCUT2D eigenvalue weighted by atomic mass is 16.5. The molecular formula is C31H29N3O5. The molecule has 0 radical (unpaired) electrons. The van der Waals surface area contributed by atoms with Gasteiger partial charge in [-0.25, -0.2) is 4.79 Å². The third-order valence-corrected chi connectivity index (χ3v) is 5.90. The molecule has 0 saturated heterocycles. The van der Waals surface area contributed by atoms with E-state index in [2.05, 4.69) is 5.32 Å². The standard InChI is InChI=1S/C31H29N3O5/c1-37-17-18-38-24-15-16-26(28(19-24)31(36)39-20-21-7-3-2-4-8-21)25-9-5-6-10-27(25)30(35)34-23-13-11-22(12-14-23)29(32)33/h2-16,19H,17-18,20H2,1H3,(H3,32,33)(H,34,35). The van der Waals surface area contributed by atoms with Crippen LogP contribution in [0.5, 0.6) is 5.75 Å². The quantitative estimate of drug-likeness (QED) is 0.106. The average Bonchev–Trinajstić information content (AvgIpc) is 2.97. The first-order valence-corrected chi connectivity index (χ1v) is 12.3. The predicted molar refractivity (Wildman–Crippen MR) is 150 cm³/mol. The molecule has 0 heterocycles. The van der Waals surface area contributed by atoms with Crippen molar-refractivity contribution in [1.82, 2.24) is 0 Å². The molecule has 0 atom stereocenters. The molecular weight excluding hydrogens is 494 g/mol. The molecule has 0 fully saturated rings. The number of benzene rings is 4. The Morgan fingerprint density at radius 3 is 2.23 bits per heavy atom. The summed E-state index contributed by atoms with van der Waals surface area (Å²) in [5.74, 6) is -0.472. The molecule has 8 nitrogen and oxygen atoms in total. The summed E-state index contributed by atoms with van der Waals surface area (Å²) < 4.78 is 16.4. The molecule has 0 spiro atoms. The smallest absolute Gasteiger partial charge is 0.339 e. The Labute approximate surface area is 226 Å². The van der Waals surface area contributed by atoms with Crippen LogP contribution in [0.25, 0.3) is 11.1 Å². The van der Waals surface area contributed by atoms with Gasteiger partial charge >= 0.3 is 5.97 Å². The van der Waals surface area contributed by atoms with Gasteiger partial charge in [-0.2, -0.15) is 0 Å². The van der Waals surface area contributed by atoms with Gasteiger partial charge in [0.05, 0.1) is 12.2 Å². The lowest BCUT2D eigenvalue weighted by molar-refractivity contribution is 0.0473. The van der Waals surface area contributed by atoms with E-state index in [0.717, 1.165) is 5.56 Å². The largest absolute Gasteiger partial charge is 0.491 e. The minimum absolute atomic E-state index is 0.0560. The van der Waals surface area contributed by atoms with Gasteiger partial charge in [-0.05, 0) is 65.2 Å². The lowest BCUT2D eigenvalue weighted by Crippen LogP contribution is -2.15. The fourth-order valence-corrected chi connectivity index (χ4v) is 3.91. The van der Waals surface area contributed by atoms with Crippen molar-refractivity contribution < 1.29 is 23.8 Å².